The summed E-state index contributed by atoms with van der Waals surface area (Å²) in [5.41, 5.74) is 2.00. The van der Waals surface area contributed by atoms with Crippen LogP contribution in [-0.2, 0) is 12.7 Å². The molecule has 0 radical (unpaired) electrons. The van der Waals surface area contributed by atoms with Gasteiger partial charge in [0.1, 0.15) is 6.10 Å². The predicted molar refractivity (Wildman–Crippen MR) is 106 cm³/mol. The fourth-order valence-corrected chi connectivity index (χ4v) is 3.35. The number of imidazole rings is 1. The fraction of sp³-hybridized carbons (Fsp3) is 0.130. The Labute approximate surface area is 170 Å². The van der Waals surface area contributed by atoms with Crippen molar-refractivity contribution in [1.29, 1.82) is 0 Å². The van der Waals surface area contributed by atoms with Crippen LogP contribution in [0.1, 0.15) is 33.4 Å². The highest BCUT2D eigenvalue weighted by molar-refractivity contribution is 5.99. The zero-order valence-corrected chi connectivity index (χ0v) is 15.7. The zero-order valence-electron chi connectivity index (χ0n) is 15.7. The highest BCUT2D eigenvalue weighted by Crippen LogP contribution is 2.32. The Bertz CT molecular complexity index is 1180. The summed E-state index contributed by atoms with van der Waals surface area (Å²) < 4.78 is 41.5. The Morgan fingerprint density at radius 1 is 0.933 bits per heavy atom. The molecule has 3 aromatic carbocycles. The number of fused-ring (bicyclic) bond motifs is 1. The molecule has 0 aliphatic heterocycles. The highest BCUT2D eigenvalue weighted by atomic mass is 19.4. The lowest BCUT2D eigenvalue weighted by molar-refractivity contribution is -0.146. The molecule has 4 aromatic rings. The number of para-hydroxylation sites is 2. The molecule has 0 bridgehead atoms. The smallest absolute Gasteiger partial charge is 0.380 e. The lowest BCUT2D eigenvalue weighted by Gasteiger charge is -2.13. The van der Waals surface area contributed by atoms with Crippen LogP contribution < -0.4 is 0 Å². The summed E-state index contributed by atoms with van der Waals surface area (Å²) in [6.07, 6.45) is -5.93. The third kappa shape index (κ3) is 3.84. The molecule has 1 unspecified atom stereocenters. The quantitative estimate of drug-likeness (QED) is 0.470. The lowest BCUT2D eigenvalue weighted by Crippen LogP contribution is -2.16. The Kier molecular flexibility index (Phi) is 5.13. The van der Waals surface area contributed by atoms with E-state index in [4.69, 9.17) is 0 Å². The summed E-state index contributed by atoms with van der Waals surface area (Å²) in [6.45, 7) is -0.0433. The number of halogens is 3. The van der Waals surface area contributed by atoms with Crippen molar-refractivity contribution in [1.82, 2.24) is 9.55 Å². The maximum absolute atomic E-state index is 13.5. The number of rotatable bonds is 5. The standard InChI is InChI=1S/C23H17F3N2O2/c24-23(25,26)22-27-18-8-4-5-9-19(18)28(22)14-15-10-12-17(13-11-15)21(30)20(29)16-6-2-1-3-7-16/h1-13,21,30H,14H2. The van der Waals surface area contributed by atoms with E-state index in [1.54, 1.807) is 72.8 Å². The minimum atomic E-state index is -4.59. The molecule has 4 rings (SSSR count). The third-order valence-electron chi connectivity index (χ3n) is 4.85. The molecule has 0 aliphatic carbocycles. The number of aromatic nitrogens is 2. The Morgan fingerprint density at radius 3 is 2.23 bits per heavy atom. The van der Waals surface area contributed by atoms with Crippen molar-refractivity contribution < 1.29 is 23.1 Å². The Morgan fingerprint density at radius 2 is 1.57 bits per heavy atom. The third-order valence-corrected chi connectivity index (χ3v) is 4.85. The monoisotopic (exact) mass is 410 g/mol. The summed E-state index contributed by atoms with van der Waals surface area (Å²) in [4.78, 5) is 16.1. The lowest BCUT2D eigenvalue weighted by atomic mass is 9.99. The molecule has 30 heavy (non-hydrogen) atoms. The molecule has 1 heterocycles. The van der Waals surface area contributed by atoms with Gasteiger partial charge < -0.3 is 9.67 Å². The number of benzene rings is 3. The van der Waals surface area contributed by atoms with Gasteiger partial charge in [-0.05, 0) is 23.3 Å². The second-order valence-corrected chi connectivity index (χ2v) is 6.88. The van der Waals surface area contributed by atoms with E-state index in [-0.39, 0.29) is 12.1 Å². The fourth-order valence-electron chi connectivity index (χ4n) is 3.35. The number of nitrogens with zero attached hydrogens (tertiary/aromatic N) is 2. The highest BCUT2D eigenvalue weighted by Gasteiger charge is 2.37. The largest absolute Gasteiger partial charge is 0.449 e. The number of aliphatic hydroxyl groups is 1. The van der Waals surface area contributed by atoms with Crippen molar-refractivity contribution in [3.8, 4) is 0 Å². The molecule has 1 aromatic heterocycles. The number of carbonyl (C=O) groups excluding carboxylic acids is 1. The first-order valence-corrected chi connectivity index (χ1v) is 9.23. The zero-order chi connectivity index (χ0) is 21.3. The van der Waals surface area contributed by atoms with Crippen LogP contribution in [0.4, 0.5) is 13.2 Å². The average molecular weight is 410 g/mol. The molecule has 0 amide bonds. The van der Waals surface area contributed by atoms with E-state index in [9.17, 15) is 23.1 Å². The molecule has 1 atom stereocenters. The van der Waals surface area contributed by atoms with Crippen molar-refractivity contribution in [2.75, 3.05) is 0 Å². The van der Waals surface area contributed by atoms with Gasteiger partial charge in [-0.3, -0.25) is 4.79 Å². The number of carbonyl (C=O) groups is 1. The van der Waals surface area contributed by atoms with Crippen molar-refractivity contribution >= 4 is 16.8 Å². The molecule has 152 valence electrons. The van der Waals surface area contributed by atoms with Gasteiger partial charge in [-0.15, -0.1) is 0 Å². The van der Waals surface area contributed by atoms with E-state index >= 15 is 0 Å². The molecule has 0 spiro atoms. The molecule has 4 nitrogen and oxygen atoms in total. The van der Waals surface area contributed by atoms with Crippen LogP contribution in [0.5, 0.6) is 0 Å². The number of hydrogen-bond acceptors (Lipinski definition) is 3. The van der Waals surface area contributed by atoms with Crippen LogP contribution >= 0.6 is 0 Å². The first-order valence-electron chi connectivity index (χ1n) is 9.23. The summed E-state index contributed by atoms with van der Waals surface area (Å²) in [7, 11) is 0. The van der Waals surface area contributed by atoms with Gasteiger partial charge in [-0.1, -0.05) is 66.7 Å². The van der Waals surface area contributed by atoms with Gasteiger partial charge in [-0.25, -0.2) is 4.98 Å². The van der Waals surface area contributed by atoms with Crippen molar-refractivity contribution in [2.24, 2.45) is 0 Å². The van der Waals surface area contributed by atoms with Gasteiger partial charge >= 0.3 is 6.18 Å². The van der Waals surface area contributed by atoms with E-state index in [1.165, 1.54) is 6.07 Å². The molecule has 0 fully saturated rings. The minimum Gasteiger partial charge on any atom is -0.380 e. The van der Waals surface area contributed by atoms with Crippen LogP contribution in [0.2, 0.25) is 0 Å². The predicted octanol–water partition coefficient (Wildman–Crippen LogP) is 5.02. The second kappa shape index (κ2) is 7.76. The molecular weight excluding hydrogens is 393 g/mol. The molecule has 0 aliphatic rings. The van der Waals surface area contributed by atoms with Gasteiger partial charge in [0.15, 0.2) is 5.78 Å². The minimum absolute atomic E-state index is 0.0433. The average Bonchev–Trinajstić information content (AvgIpc) is 3.13. The summed E-state index contributed by atoms with van der Waals surface area (Å²) in [5, 5.41) is 10.4. The Hall–Kier alpha value is -3.45. The summed E-state index contributed by atoms with van der Waals surface area (Å²) in [5.74, 6) is -1.41. The van der Waals surface area contributed by atoms with E-state index in [0.29, 0.717) is 22.2 Å². The normalized spacial score (nSPS) is 12.8. The van der Waals surface area contributed by atoms with Crippen LogP contribution in [0.25, 0.3) is 11.0 Å². The number of Topliss-reactive ketones (excluding diaryl/α,β-unsaturated/α-hetero) is 1. The summed E-state index contributed by atoms with van der Waals surface area (Å²) >= 11 is 0. The Balaban J connectivity index is 1.61. The van der Waals surface area contributed by atoms with Gasteiger partial charge in [0.05, 0.1) is 11.0 Å². The summed E-state index contributed by atoms with van der Waals surface area (Å²) in [6, 6.07) is 21.1. The number of hydrogen-bond donors (Lipinski definition) is 1. The van der Waals surface area contributed by atoms with Gasteiger partial charge in [0.2, 0.25) is 5.82 Å². The molecule has 1 N–H and O–H groups in total. The van der Waals surface area contributed by atoms with Crippen molar-refractivity contribution in [3.05, 3.63) is 101 Å². The SMILES string of the molecule is O=C(c1ccccc1)C(O)c1ccc(Cn2c(C(F)(F)F)nc3ccccc32)cc1. The van der Waals surface area contributed by atoms with Crippen molar-refractivity contribution in [2.45, 2.75) is 18.8 Å². The second-order valence-electron chi connectivity index (χ2n) is 6.88. The number of alkyl halides is 3. The number of aliphatic hydroxyl groups excluding tert-OH is 1. The molecule has 0 saturated heterocycles. The first-order chi connectivity index (χ1) is 14.3. The number of ketones is 1. The molecule has 7 heteroatoms. The van der Waals surface area contributed by atoms with E-state index in [1.807, 2.05) is 0 Å². The first kappa shape index (κ1) is 19.8. The van der Waals surface area contributed by atoms with Gasteiger partial charge in [-0.2, -0.15) is 13.2 Å². The van der Waals surface area contributed by atoms with Gasteiger partial charge in [0, 0.05) is 12.1 Å². The van der Waals surface area contributed by atoms with Crippen LogP contribution in [0.3, 0.4) is 0 Å². The van der Waals surface area contributed by atoms with E-state index < -0.39 is 23.9 Å². The molecular formula is C23H17F3N2O2. The maximum atomic E-state index is 13.5. The van der Waals surface area contributed by atoms with Crippen LogP contribution in [0, 0.1) is 0 Å². The van der Waals surface area contributed by atoms with E-state index in [0.717, 1.165) is 4.57 Å². The maximum Gasteiger partial charge on any atom is 0.449 e. The topological polar surface area (TPSA) is 55.1 Å². The molecule has 0 saturated carbocycles. The van der Waals surface area contributed by atoms with E-state index in [2.05, 4.69) is 4.98 Å². The van der Waals surface area contributed by atoms with Crippen LogP contribution in [0.15, 0.2) is 78.9 Å². The van der Waals surface area contributed by atoms with Crippen LogP contribution in [-0.4, -0.2) is 20.4 Å². The van der Waals surface area contributed by atoms with Crippen molar-refractivity contribution in [3.63, 3.8) is 0 Å². The van der Waals surface area contributed by atoms with Gasteiger partial charge in [0.25, 0.3) is 0 Å².